The van der Waals surface area contributed by atoms with Crippen LogP contribution in [0.4, 0.5) is 19.0 Å². The van der Waals surface area contributed by atoms with Crippen LogP contribution < -0.4 is 9.64 Å². The topological polar surface area (TPSA) is 88.0 Å². The van der Waals surface area contributed by atoms with Gasteiger partial charge in [0.15, 0.2) is 0 Å². The lowest BCUT2D eigenvalue weighted by Gasteiger charge is -2.41. The summed E-state index contributed by atoms with van der Waals surface area (Å²) in [6, 6.07) is 9.49. The van der Waals surface area contributed by atoms with E-state index in [9.17, 15) is 23.1 Å². The summed E-state index contributed by atoms with van der Waals surface area (Å²) in [7, 11) is 1.23. The molecule has 12 heteroatoms. The van der Waals surface area contributed by atoms with E-state index in [2.05, 4.69) is 14.9 Å². The Morgan fingerprint density at radius 1 is 1.15 bits per heavy atom. The molecule has 0 radical (unpaired) electrons. The molecule has 1 N–H and O–H groups in total. The molecule has 1 spiro atoms. The Labute approximate surface area is 227 Å². The second kappa shape index (κ2) is 9.50. The minimum atomic E-state index is -4.76. The van der Waals surface area contributed by atoms with Crippen molar-refractivity contribution in [3.05, 3.63) is 58.4 Å². The van der Waals surface area contributed by atoms with E-state index in [1.54, 1.807) is 4.90 Å². The molecule has 39 heavy (non-hydrogen) atoms. The number of alkyl halides is 3. The molecule has 206 valence electrons. The second-order valence-corrected chi connectivity index (χ2v) is 10.8. The van der Waals surface area contributed by atoms with Gasteiger partial charge in [-0.3, -0.25) is 4.90 Å². The average Bonchev–Trinajstić information content (AvgIpc) is 3.46. The normalized spacial score (nSPS) is 22.8. The summed E-state index contributed by atoms with van der Waals surface area (Å²) in [5, 5.41) is 12.0. The van der Waals surface area contributed by atoms with Crippen LogP contribution in [0.1, 0.15) is 34.6 Å². The highest BCUT2D eigenvalue weighted by Gasteiger charge is 2.46. The summed E-state index contributed by atoms with van der Waals surface area (Å²) in [6.45, 7) is 1.71. The number of anilines is 1. The fourth-order valence-corrected chi connectivity index (χ4v) is 6.17. The molecular formula is C27H26ClF3N4O4. The number of methoxy groups -OCH3 is 1. The number of halogens is 4. The molecule has 0 amide bonds. The molecule has 3 aliphatic heterocycles. The van der Waals surface area contributed by atoms with Crippen LogP contribution in [0.2, 0.25) is 5.02 Å². The molecule has 8 nitrogen and oxygen atoms in total. The molecule has 2 fully saturated rings. The van der Waals surface area contributed by atoms with Gasteiger partial charge in [-0.05, 0) is 42.0 Å². The molecule has 3 aliphatic rings. The highest BCUT2D eigenvalue weighted by Crippen LogP contribution is 2.43. The Hall–Kier alpha value is -3.15. The molecule has 6 rings (SSSR count). The van der Waals surface area contributed by atoms with Gasteiger partial charge in [0, 0.05) is 55.9 Å². The smallest absolute Gasteiger partial charge is 0.451 e. The van der Waals surface area contributed by atoms with E-state index in [1.807, 2.05) is 18.2 Å². The van der Waals surface area contributed by atoms with Crippen molar-refractivity contribution < 1.29 is 32.5 Å². The van der Waals surface area contributed by atoms with Crippen LogP contribution in [0.15, 0.2) is 36.4 Å². The second-order valence-electron chi connectivity index (χ2n) is 10.4. The third-order valence-electron chi connectivity index (χ3n) is 7.95. The van der Waals surface area contributed by atoms with Gasteiger partial charge in [0.1, 0.15) is 17.2 Å². The molecule has 2 atom stereocenters. The maximum Gasteiger partial charge on any atom is 0.451 e. The number of aromatic nitrogens is 2. The van der Waals surface area contributed by atoms with E-state index in [0.717, 1.165) is 30.6 Å². The zero-order valence-electron chi connectivity index (χ0n) is 21.0. The first-order chi connectivity index (χ1) is 18.5. The first-order valence-electron chi connectivity index (χ1n) is 12.7. The third-order valence-corrected chi connectivity index (χ3v) is 8.18. The molecule has 3 aromatic rings. The molecule has 1 aromatic heterocycles. The van der Waals surface area contributed by atoms with Gasteiger partial charge in [-0.15, -0.1) is 0 Å². The number of nitrogens with zero attached hydrogens (tertiary/aromatic N) is 4. The molecule has 1 unspecified atom stereocenters. The molecule has 2 saturated heterocycles. The molecule has 2 aromatic carbocycles. The Morgan fingerprint density at radius 3 is 2.64 bits per heavy atom. The highest BCUT2D eigenvalue weighted by molar-refractivity contribution is 6.30. The number of carbonyl (C=O) groups excluding carboxylic acids is 1. The van der Waals surface area contributed by atoms with Gasteiger partial charge < -0.3 is 19.5 Å². The first-order valence-corrected chi connectivity index (χ1v) is 13.0. The van der Waals surface area contributed by atoms with Crippen molar-refractivity contribution in [1.82, 2.24) is 14.9 Å². The number of likely N-dealkylation sites (tertiary alicyclic amines) is 1. The van der Waals surface area contributed by atoms with E-state index in [1.165, 1.54) is 25.3 Å². The van der Waals surface area contributed by atoms with Crippen LogP contribution in [0, 0.1) is 0 Å². The predicted molar refractivity (Wildman–Crippen MR) is 137 cm³/mol. The van der Waals surface area contributed by atoms with Gasteiger partial charge in [0.25, 0.3) is 0 Å². The van der Waals surface area contributed by atoms with Crippen molar-refractivity contribution in [2.75, 3.05) is 38.2 Å². The average molecular weight is 563 g/mol. The number of hydrogen-bond donors (Lipinski definition) is 1. The van der Waals surface area contributed by atoms with Crippen LogP contribution in [0.3, 0.4) is 0 Å². The number of aliphatic hydroxyl groups excluding tert-OH is 1. The van der Waals surface area contributed by atoms with Crippen molar-refractivity contribution in [3.8, 4) is 5.75 Å². The van der Waals surface area contributed by atoms with Crippen molar-refractivity contribution in [2.45, 2.75) is 43.2 Å². The van der Waals surface area contributed by atoms with Crippen LogP contribution in [-0.4, -0.2) is 77.0 Å². The minimum absolute atomic E-state index is 0.0274. The van der Waals surface area contributed by atoms with Crippen LogP contribution in [0.25, 0.3) is 10.9 Å². The van der Waals surface area contributed by atoms with Crippen LogP contribution in [-0.2, 0) is 17.3 Å². The van der Waals surface area contributed by atoms with Gasteiger partial charge in [0.05, 0.1) is 30.3 Å². The number of hydrogen-bond acceptors (Lipinski definition) is 8. The Bertz CT molecular complexity index is 1440. The van der Waals surface area contributed by atoms with Gasteiger partial charge in [0.2, 0.25) is 5.82 Å². The summed E-state index contributed by atoms with van der Waals surface area (Å²) in [5.74, 6) is -1.02. The molecular weight excluding hydrogens is 537 g/mol. The SMILES string of the molecule is COC(=O)c1ccc2nc(C(F)(F)F)nc(N3CC(N4CCC5(CC4)Cc4cc(Cl)ccc4O5)[C@H](O)C3)c2c1. The Kier molecular flexibility index (Phi) is 6.35. The lowest BCUT2D eigenvalue weighted by atomic mass is 9.86. The van der Waals surface area contributed by atoms with Crippen molar-refractivity contribution in [3.63, 3.8) is 0 Å². The van der Waals surface area contributed by atoms with Gasteiger partial charge in [-0.1, -0.05) is 11.6 Å². The van der Waals surface area contributed by atoms with Gasteiger partial charge in [-0.2, -0.15) is 13.2 Å². The van der Waals surface area contributed by atoms with E-state index >= 15 is 0 Å². The number of piperidine rings is 1. The fourth-order valence-electron chi connectivity index (χ4n) is 5.97. The zero-order chi connectivity index (χ0) is 27.5. The zero-order valence-corrected chi connectivity index (χ0v) is 21.8. The lowest BCUT2D eigenvalue weighted by molar-refractivity contribution is -0.144. The summed E-state index contributed by atoms with van der Waals surface area (Å²) >= 11 is 6.15. The highest BCUT2D eigenvalue weighted by atomic mass is 35.5. The standard InChI is InChI=1S/C27H26ClF3N4O4/c1-38-24(37)15-2-4-19-18(11-15)23(33-25(32-19)27(29,30)31)35-13-20(21(36)14-35)34-8-6-26(7-9-34)12-16-10-17(28)3-5-22(16)39-26/h2-5,10-11,20-21,36H,6-9,12-14H2,1H3/t20?,21-/m1/s1. The van der Waals surface area contributed by atoms with Crippen LogP contribution in [0.5, 0.6) is 5.75 Å². The molecule has 4 heterocycles. The maximum absolute atomic E-state index is 13.7. The van der Waals surface area contributed by atoms with E-state index in [0.29, 0.717) is 18.1 Å². The number of aliphatic hydroxyl groups is 1. The minimum Gasteiger partial charge on any atom is -0.487 e. The summed E-state index contributed by atoms with van der Waals surface area (Å²) in [4.78, 5) is 23.5. The van der Waals surface area contributed by atoms with E-state index in [-0.39, 0.29) is 47.0 Å². The largest absolute Gasteiger partial charge is 0.487 e. The number of benzene rings is 2. The maximum atomic E-state index is 13.7. The number of β-amino-alcohol motifs (C(OH)–C–C–N with tert-alkyl or cyclic N) is 1. The summed E-state index contributed by atoms with van der Waals surface area (Å²) in [6.07, 6.45) is -3.29. The lowest BCUT2D eigenvalue weighted by Crippen LogP contribution is -2.53. The Balaban J connectivity index is 1.24. The number of rotatable bonds is 3. The molecule has 0 saturated carbocycles. The number of ether oxygens (including phenoxy) is 2. The number of fused-ring (bicyclic) bond motifs is 2. The predicted octanol–water partition coefficient (Wildman–Crippen LogP) is 4.11. The van der Waals surface area contributed by atoms with Crippen molar-refractivity contribution in [1.29, 1.82) is 0 Å². The quantitative estimate of drug-likeness (QED) is 0.477. The van der Waals surface area contributed by atoms with Crippen LogP contribution >= 0.6 is 11.6 Å². The Morgan fingerprint density at radius 2 is 1.92 bits per heavy atom. The number of carbonyl (C=O) groups is 1. The van der Waals surface area contributed by atoms with Crippen molar-refractivity contribution >= 4 is 34.3 Å². The summed E-state index contributed by atoms with van der Waals surface area (Å²) in [5.41, 5.74) is 0.994. The third kappa shape index (κ3) is 4.76. The number of esters is 1. The van der Waals surface area contributed by atoms with E-state index in [4.69, 9.17) is 21.1 Å². The van der Waals surface area contributed by atoms with Crippen molar-refractivity contribution in [2.24, 2.45) is 0 Å². The van der Waals surface area contributed by atoms with E-state index < -0.39 is 24.1 Å². The molecule has 0 bridgehead atoms. The van der Waals surface area contributed by atoms with Gasteiger partial charge >= 0.3 is 12.1 Å². The summed E-state index contributed by atoms with van der Waals surface area (Å²) < 4.78 is 52.1. The molecule has 0 aliphatic carbocycles. The monoisotopic (exact) mass is 562 g/mol. The fraction of sp³-hybridized carbons (Fsp3) is 0.444. The van der Waals surface area contributed by atoms with Gasteiger partial charge in [-0.25, -0.2) is 14.8 Å². The first kappa shape index (κ1) is 26.1.